The van der Waals surface area contributed by atoms with Crippen LogP contribution in [0, 0.1) is 6.92 Å². The number of benzene rings is 3. The molecule has 0 unspecified atom stereocenters. The molecule has 0 aliphatic heterocycles. The van der Waals surface area contributed by atoms with E-state index in [-0.39, 0.29) is 5.56 Å². The van der Waals surface area contributed by atoms with Crippen molar-refractivity contribution in [3.05, 3.63) is 99.6 Å². The lowest BCUT2D eigenvalue weighted by molar-refractivity contribution is 0.771. The van der Waals surface area contributed by atoms with Crippen LogP contribution in [0.15, 0.2) is 82.7 Å². The van der Waals surface area contributed by atoms with Gasteiger partial charge in [0, 0.05) is 16.4 Å². The summed E-state index contributed by atoms with van der Waals surface area (Å²) in [6, 6.07) is 22.8. The van der Waals surface area contributed by atoms with Crippen LogP contribution in [0.3, 0.4) is 0 Å². The Balaban J connectivity index is 1.59. The fraction of sp³-hybridized carbons (Fsp3) is 0.0455. The van der Waals surface area contributed by atoms with E-state index in [4.69, 9.17) is 11.6 Å². The number of aromatic nitrogens is 2. The highest BCUT2D eigenvalue weighted by Crippen LogP contribution is 2.17. The number of halogens is 1. The van der Waals surface area contributed by atoms with Crippen LogP contribution in [0.4, 0.5) is 11.4 Å². The highest BCUT2D eigenvalue weighted by Gasteiger charge is 2.07. The van der Waals surface area contributed by atoms with E-state index < -0.39 is 0 Å². The van der Waals surface area contributed by atoms with Crippen molar-refractivity contribution in [1.29, 1.82) is 0 Å². The lowest BCUT2D eigenvalue weighted by atomic mass is 10.2. The number of fused-ring (bicyclic) bond motifs is 1. The van der Waals surface area contributed by atoms with Gasteiger partial charge < -0.3 is 5.32 Å². The zero-order chi connectivity index (χ0) is 19.5. The Morgan fingerprint density at radius 2 is 1.71 bits per heavy atom. The number of aryl methyl sites for hydroxylation is 1. The van der Waals surface area contributed by atoms with E-state index in [1.165, 1.54) is 4.68 Å². The van der Waals surface area contributed by atoms with Gasteiger partial charge in [-0.05, 0) is 55.0 Å². The lowest BCUT2D eigenvalue weighted by Gasteiger charge is -2.07. The molecule has 0 bridgehead atoms. The third-order valence-corrected chi connectivity index (χ3v) is 4.50. The fourth-order valence-electron chi connectivity index (χ4n) is 2.86. The number of para-hydroxylation sites is 1. The molecule has 1 N–H and O–H groups in total. The van der Waals surface area contributed by atoms with Gasteiger partial charge in [-0.3, -0.25) is 4.79 Å². The topological polar surface area (TPSA) is 59.3 Å². The summed E-state index contributed by atoms with van der Waals surface area (Å²) >= 11 is 5.98. The Morgan fingerprint density at radius 1 is 1.00 bits per heavy atom. The summed E-state index contributed by atoms with van der Waals surface area (Å²) in [6.45, 7) is 1.74. The first-order valence-corrected chi connectivity index (χ1v) is 9.13. The van der Waals surface area contributed by atoms with E-state index in [1.54, 1.807) is 31.3 Å². The summed E-state index contributed by atoms with van der Waals surface area (Å²) in [5.74, 6) is 0.499. The molecule has 0 aliphatic rings. The minimum atomic E-state index is -0.224. The van der Waals surface area contributed by atoms with Gasteiger partial charge in [-0.1, -0.05) is 41.9 Å². The van der Waals surface area contributed by atoms with Crippen LogP contribution in [0.2, 0.25) is 5.02 Å². The maximum absolute atomic E-state index is 12.7. The minimum absolute atomic E-state index is 0.224. The molecule has 5 nitrogen and oxygen atoms in total. The molecule has 0 fully saturated rings. The van der Waals surface area contributed by atoms with Gasteiger partial charge in [0.05, 0.1) is 17.1 Å². The van der Waals surface area contributed by atoms with Crippen molar-refractivity contribution in [3.8, 4) is 0 Å². The third-order valence-electron chi connectivity index (χ3n) is 4.27. The summed E-state index contributed by atoms with van der Waals surface area (Å²) in [4.78, 5) is 17.1. The number of hydrogen-bond acceptors (Lipinski definition) is 4. The third kappa shape index (κ3) is 3.80. The van der Waals surface area contributed by atoms with E-state index in [0.717, 1.165) is 16.9 Å². The first-order valence-electron chi connectivity index (χ1n) is 8.75. The molecule has 1 heterocycles. The quantitative estimate of drug-likeness (QED) is 0.501. The molecular weight excluding hydrogens is 372 g/mol. The molecule has 1 aromatic heterocycles. The van der Waals surface area contributed by atoms with Gasteiger partial charge in [-0.25, -0.2) is 4.98 Å². The highest BCUT2D eigenvalue weighted by molar-refractivity contribution is 6.31. The SMILES string of the molecule is Cc1nc2cc(Cl)ccc2c(=O)n1N=Cc1ccc(Nc2ccccc2)cc1. The maximum Gasteiger partial charge on any atom is 0.282 e. The molecule has 28 heavy (non-hydrogen) atoms. The van der Waals surface area contributed by atoms with Crippen LogP contribution in [-0.4, -0.2) is 15.9 Å². The first-order chi connectivity index (χ1) is 13.6. The van der Waals surface area contributed by atoms with E-state index in [2.05, 4.69) is 15.4 Å². The van der Waals surface area contributed by atoms with Crippen LogP contribution in [0.25, 0.3) is 10.9 Å². The summed E-state index contributed by atoms with van der Waals surface area (Å²) < 4.78 is 1.30. The monoisotopic (exact) mass is 388 g/mol. The Morgan fingerprint density at radius 3 is 2.46 bits per heavy atom. The summed E-state index contributed by atoms with van der Waals surface area (Å²) in [5.41, 5.74) is 3.21. The number of hydrogen-bond donors (Lipinski definition) is 1. The van der Waals surface area contributed by atoms with Crippen molar-refractivity contribution < 1.29 is 0 Å². The van der Waals surface area contributed by atoms with Gasteiger partial charge in [0.25, 0.3) is 5.56 Å². The van der Waals surface area contributed by atoms with Crippen molar-refractivity contribution in [2.75, 3.05) is 5.32 Å². The first kappa shape index (κ1) is 17.9. The van der Waals surface area contributed by atoms with Crippen LogP contribution >= 0.6 is 11.6 Å². The van der Waals surface area contributed by atoms with Gasteiger partial charge in [0.15, 0.2) is 0 Å². The molecular formula is C22H17ClN4O. The van der Waals surface area contributed by atoms with Crippen LogP contribution < -0.4 is 10.9 Å². The standard InChI is InChI=1S/C22H17ClN4O/c1-15-25-21-13-17(23)9-12-20(21)22(28)27(15)24-14-16-7-10-19(11-8-16)26-18-5-3-2-4-6-18/h2-14,26H,1H3. The molecule has 4 rings (SSSR count). The summed E-state index contributed by atoms with van der Waals surface area (Å²) in [7, 11) is 0. The molecule has 0 saturated heterocycles. The minimum Gasteiger partial charge on any atom is -0.356 e. The fourth-order valence-corrected chi connectivity index (χ4v) is 3.03. The number of nitrogens with zero attached hydrogens (tertiary/aromatic N) is 3. The normalized spacial score (nSPS) is 11.2. The van der Waals surface area contributed by atoms with Crippen molar-refractivity contribution in [3.63, 3.8) is 0 Å². The predicted molar refractivity (Wildman–Crippen MR) is 115 cm³/mol. The Bertz CT molecular complexity index is 1220. The zero-order valence-corrected chi connectivity index (χ0v) is 15.9. The molecule has 6 heteroatoms. The second-order valence-electron chi connectivity index (χ2n) is 6.30. The van der Waals surface area contributed by atoms with Crippen molar-refractivity contribution >= 4 is 40.1 Å². The molecule has 3 aromatic carbocycles. The van der Waals surface area contributed by atoms with Crippen LogP contribution in [0.1, 0.15) is 11.4 Å². The van der Waals surface area contributed by atoms with Gasteiger partial charge in [-0.2, -0.15) is 9.78 Å². The number of anilines is 2. The van der Waals surface area contributed by atoms with E-state index in [1.807, 2.05) is 54.6 Å². The maximum atomic E-state index is 12.7. The average molecular weight is 389 g/mol. The predicted octanol–water partition coefficient (Wildman–Crippen LogP) is 4.98. The number of rotatable bonds is 4. The van der Waals surface area contributed by atoms with Gasteiger partial charge in [0.2, 0.25) is 0 Å². The molecule has 0 atom stereocenters. The smallest absolute Gasteiger partial charge is 0.282 e. The Kier molecular flexibility index (Phi) is 4.91. The second kappa shape index (κ2) is 7.66. The van der Waals surface area contributed by atoms with Gasteiger partial charge in [0.1, 0.15) is 5.82 Å². The largest absolute Gasteiger partial charge is 0.356 e. The Labute approximate surface area is 166 Å². The average Bonchev–Trinajstić information content (AvgIpc) is 2.69. The molecule has 138 valence electrons. The molecule has 0 amide bonds. The van der Waals surface area contributed by atoms with Crippen LogP contribution in [-0.2, 0) is 0 Å². The molecule has 0 spiro atoms. The molecule has 0 aliphatic carbocycles. The zero-order valence-electron chi connectivity index (χ0n) is 15.1. The van der Waals surface area contributed by atoms with Crippen molar-refractivity contribution in [2.45, 2.75) is 6.92 Å². The second-order valence-corrected chi connectivity index (χ2v) is 6.73. The van der Waals surface area contributed by atoms with Gasteiger partial charge >= 0.3 is 0 Å². The molecule has 4 aromatic rings. The number of nitrogens with one attached hydrogen (secondary N) is 1. The van der Waals surface area contributed by atoms with Crippen molar-refractivity contribution in [1.82, 2.24) is 9.66 Å². The summed E-state index contributed by atoms with van der Waals surface area (Å²) in [5, 5.41) is 8.68. The molecule has 0 saturated carbocycles. The van der Waals surface area contributed by atoms with Crippen LogP contribution in [0.5, 0.6) is 0 Å². The van der Waals surface area contributed by atoms with E-state index >= 15 is 0 Å². The summed E-state index contributed by atoms with van der Waals surface area (Å²) in [6.07, 6.45) is 1.64. The van der Waals surface area contributed by atoms with Crippen molar-refractivity contribution in [2.24, 2.45) is 5.10 Å². The lowest BCUT2D eigenvalue weighted by Crippen LogP contribution is -2.20. The van der Waals surface area contributed by atoms with E-state index in [9.17, 15) is 4.79 Å². The van der Waals surface area contributed by atoms with Gasteiger partial charge in [-0.15, -0.1) is 0 Å². The molecule has 0 radical (unpaired) electrons. The van der Waals surface area contributed by atoms with E-state index in [0.29, 0.717) is 21.7 Å². The highest BCUT2D eigenvalue weighted by atomic mass is 35.5. The Hall–Kier alpha value is -3.44.